The van der Waals surface area contributed by atoms with Gasteiger partial charge in [-0.1, -0.05) is 6.07 Å². The van der Waals surface area contributed by atoms with Crippen molar-refractivity contribution < 1.29 is 4.74 Å². The van der Waals surface area contributed by atoms with E-state index in [1.165, 1.54) is 17.5 Å². The number of aryl methyl sites for hydroxylation is 2. The van der Waals surface area contributed by atoms with E-state index in [1.807, 2.05) is 23.1 Å². The molecule has 1 aromatic heterocycles. The average Bonchev–Trinajstić information content (AvgIpc) is 3.04. The molecule has 112 valence electrons. The number of methoxy groups -OCH3 is 1. The predicted octanol–water partition coefficient (Wildman–Crippen LogP) is 2.43. The van der Waals surface area contributed by atoms with E-state index < -0.39 is 0 Å². The van der Waals surface area contributed by atoms with Gasteiger partial charge >= 0.3 is 0 Å². The third-order valence-corrected chi connectivity index (χ3v) is 4.20. The van der Waals surface area contributed by atoms with E-state index in [0.29, 0.717) is 6.04 Å². The van der Waals surface area contributed by atoms with Crippen LogP contribution in [-0.4, -0.2) is 29.5 Å². The first-order valence-corrected chi connectivity index (χ1v) is 7.72. The lowest BCUT2D eigenvalue weighted by atomic mass is 9.88. The molecule has 1 aromatic carbocycles. The second kappa shape index (κ2) is 6.76. The maximum atomic E-state index is 5.33. The molecule has 21 heavy (non-hydrogen) atoms. The summed E-state index contributed by atoms with van der Waals surface area (Å²) in [4.78, 5) is 0. The summed E-state index contributed by atoms with van der Waals surface area (Å²) in [6, 6.07) is 9.02. The van der Waals surface area contributed by atoms with Crippen molar-refractivity contribution in [3.8, 4) is 5.75 Å². The Morgan fingerprint density at radius 1 is 1.38 bits per heavy atom. The summed E-state index contributed by atoms with van der Waals surface area (Å²) in [7, 11) is 1.73. The van der Waals surface area contributed by atoms with Crippen LogP contribution in [0.2, 0.25) is 0 Å². The van der Waals surface area contributed by atoms with E-state index in [1.54, 1.807) is 7.11 Å². The molecule has 1 unspecified atom stereocenters. The highest BCUT2D eigenvalue weighted by molar-refractivity contribution is 5.37. The van der Waals surface area contributed by atoms with Gasteiger partial charge in [-0.15, -0.1) is 0 Å². The molecule has 0 amide bonds. The van der Waals surface area contributed by atoms with Gasteiger partial charge in [0.1, 0.15) is 5.75 Å². The number of nitrogens with one attached hydrogen (secondary N) is 1. The van der Waals surface area contributed by atoms with Crippen molar-refractivity contribution in [1.82, 2.24) is 15.1 Å². The van der Waals surface area contributed by atoms with Crippen LogP contribution in [0.5, 0.6) is 5.75 Å². The summed E-state index contributed by atoms with van der Waals surface area (Å²) < 4.78 is 7.31. The average molecular weight is 285 g/mol. The lowest BCUT2D eigenvalue weighted by molar-refractivity contribution is 0.410. The Labute approximate surface area is 126 Å². The molecule has 3 rings (SSSR count). The molecule has 4 nitrogen and oxygen atoms in total. The molecule has 2 aromatic rings. The minimum absolute atomic E-state index is 0.585. The molecule has 1 atom stereocenters. The number of nitrogens with zero attached hydrogens (tertiary/aromatic N) is 2. The Morgan fingerprint density at radius 2 is 2.33 bits per heavy atom. The number of benzene rings is 1. The third-order valence-electron chi connectivity index (χ3n) is 4.20. The van der Waals surface area contributed by atoms with Crippen LogP contribution in [0.25, 0.3) is 0 Å². The maximum absolute atomic E-state index is 5.33. The molecule has 0 fully saturated rings. The Bertz CT molecular complexity index is 565. The zero-order chi connectivity index (χ0) is 14.5. The third kappa shape index (κ3) is 3.64. The summed E-state index contributed by atoms with van der Waals surface area (Å²) in [6.45, 7) is 2.03. The molecule has 0 radical (unpaired) electrons. The molecule has 1 N–H and O–H groups in total. The van der Waals surface area contributed by atoms with Gasteiger partial charge in [0, 0.05) is 25.0 Å². The molecule has 1 aliphatic rings. The molecule has 4 heteroatoms. The van der Waals surface area contributed by atoms with Gasteiger partial charge in [0.2, 0.25) is 0 Å². The first-order chi connectivity index (χ1) is 10.3. The number of hydrogen-bond donors (Lipinski definition) is 1. The fourth-order valence-electron chi connectivity index (χ4n) is 3.01. The number of ether oxygens (including phenoxy) is 1. The molecule has 0 bridgehead atoms. The smallest absolute Gasteiger partial charge is 0.119 e. The zero-order valence-electron chi connectivity index (χ0n) is 12.6. The lowest BCUT2D eigenvalue weighted by Crippen LogP contribution is -2.35. The molecule has 1 aliphatic carbocycles. The van der Waals surface area contributed by atoms with E-state index in [0.717, 1.165) is 38.1 Å². The Balaban J connectivity index is 1.47. The Hall–Kier alpha value is -1.81. The molecule has 0 aliphatic heterocycles. The van der Waals surface area contributed by atoms with Crippen LogP contribution in [0.1, 0.15) is 24.0 Å². The topological polar surface area (TPSA) is 39.1 Å². The van der Waals surface area contributed by atoms with Gasteiger partial charge in [-0.25, -0.2) is 0 Å². The van der Waals surface area contributed by atoms with Crippen molar-refractivity contribution in [2.45, 2.75) is 38.3 Å². The van der Waals surface area contributed by atoms with Gasteiger partial charge < -0.3 is 10.1 Å². The number of fused-ring (bicyclic) bond motifs is 1. The fourth-order valence-corrected chi connectivity index (χ4v) is 3.01. The molecule has 1 heterocycles. The molecular formula is C17H23N3O. The van der Waals surface area contributed by atoms with E-state index in [9.17, 15) is 0 Å². The maximum Gasteiger partial charge on any atom is 0.119 e. The summed E-state index contributed by atoms with van der Waals surface area (Å²) >= 11 is 0. The fraction of sp³-hybridized carbons (Fsp3) is 0.471. The van der Waals surface area contributed by atoms with Gasteiger partial charge in [-0.05, 0) is 61.6 Å². The number of rotatable bonds is 6. The SMILES string of the molecule is COc1ccc2c(c1)CC(NCCCn1cccn1)CC2. The number of aromatic nitrogens is 2. The Kier molecular flexibility index (Phi) is 4.55. The summed E-state index contributed by atoms with van der Waals surface area (Å²) in [5.41, 5.74) is 2.91. The summed E-state index contributed by atoms with van der Waals surface area (Å²) in [5.74, 6) is 0.966. The minimum Gasteiger partial charge on any atom is -0.497 e. The van der Waals surface area contributed by atoms with Crippen LogP contribution >= 0.6 is 0 Å². The van der Waals surface area contributed by atoms with Gasteiger partial charge in [-0.2, -0.15) is 5.10 Å². The van der Waals surface area contributed by atoms with Crippen LogP contribution in [0, 0.1) is 0 Å². The van der Waals surface area contributed by atoms with Crippen LogP contribution in [-0.2, 0) is 19.4 Å². The van der Waals surface area contributed by atoms with Gasteiger partial charge in [0.25, 0.3) is 0 Å². The van der Waals surface area contributed by atoms with Crippen LogP contribution in [0.3, 0.4) is 0 Å². The van der Waals surface area contributed by atoms with Crippen LogP contribution in [0.15, 0.2) is 36.7 Å². The normalized spacial score (nSPS) is 17.5. The largest absolute Gasteiger partial charge is 0.497 e. The predicted molar refractivity (Wildman–Crippen MR) is 83.7 cm³/mol. The number of hydrogen-bond acceptors (Lipinski definition) is 3. The van der Waals surface area contributed by atoms with Crippen LogP contribution in [0.4, 0.5) is 0 Å². The Morgan fingerprint density at radius 3 is 3.14 bits per heavy atom. The van der Waals surface area contributed by atoms with Gasteiger partial charge in [0.15, 0.2) is 0 Å². The van der Waals surface area contributed by atoms with Crippen molar-refractivity contribution in [2.24, 2.45) is 0 Å². The molecule has 0 spiro atoms. The highest BCUT2D eigenvalue weighted by Crippen LogP contribution is 2.25. The standard InChI is InChI=1S/C17H23N3O/c1-21-17-7-5-14-4-6-16(12-15(14)13-17)18-8-2-10-20-11-3-9-19-20/h3,5,7,9,11,13,16,18H,2,4,6,8,10,12H2,1H3. The van der Waals surface area contributed by atoms with Crippen LogP contribution < -0.4 is 10.1 Å². The first-order valence-electron chi connectivity index (χ1n) is 7.72. The van der Waals surface area contributed by atoms with E-state index in [2.05, 4.69) is 28.6 Å². The minimum atomic E-state index is 0.585. The molecule has 0 saturated carbocycles. The van der Waals surface area contributed by atoms with Crippen molar-refractivity contribution in [3.63, 3.8) is 0 Å². The van der Waals surface area contributed by atoms with Crippen molar-refractivity contribution in [2.75, 3.05) is 13.7 Å². The monoisotopic (exact) mass is 285 g/mol. The summed E-state index contributed by atoms with van der Waals surface area (Å²) in [5, 5.41) is 7.90. The second-order valence-electron chi connectivity index (χ2n) is 5.65. The molecular weight excluding hydrogens is 262 g/mol. The highest BCUT2D eigenvalue weighted by Gasteiger charge is 2.18. The van der Waals surface area contributed by atoms with Gasteiger partial charge in [-0.3, -0.25) is 4.68 Å². The molecule has 0 saturated heterocycles. The quantitative estimate of drug-likeness (QED) is 0.829. The van der Waals surface area contributed by atoms with E-state index in [4.69, 9.17) is 4.74 Å². The van der Waals surface area contributed by atoms with Crippen molar-refractivity contribution >= 4 is 0 Å². The van der Waals surface area contributed by atoms with Crippen molar-refractivity contribution in [1.29, 1.82) is 0 Å². The summed E-state index contributed by atoms with van der Waals surface area (Å²) in [6.07, 6.45) is 8.46. The van der Waals surface area contributed by atoms with Gasteiger partial charge in [0.05, 0.1) is 7.11 Å². The van der Waals surface area contributed by atoms with E-state index in [-0.39, 0.29) is 0 Å². The second-order valence-corrected chi connectivity index (χ2v) is 5.65. The zero-order valence-corrected chi connectivity index (χ0v) is 12.6. The highest BCUT2D eigenvalue weighted by atomic mass is 16.5. The van der Waals surface area contributed by atoms with Crippen molar-refractivity contribution in [3.05, 3.63) is 47.8 Å². The van der Waals surface area contributed by atoms with E-state index >= 15 is 0 Å². The lowest BCUT2D eigenvalue weighted by Gasteiger charge is -2.26. The first kappa shape index (κ1) is 14.1.